The van der Waals surface area contributed by atoms with Crippen LogP contribution in [0.5, 0.6) is 0 Å². The molecule has 0 bridgehead atoms. The van der Waals surface area contributed by atoms with Crippen LogP contribution in [-0.2, 0) is 0 Å². The Morgan fingerprint density at radius 3 is 1.38 bits per heavy atom. The molecule has 0 aliphatic carbocycles. The van der Waals surface area contributed by atoms with Gasteiger partial charge < -0.3 is 10.6 Å². The summed E-state index contributed by atoms with van der Waals surface area (Å²) in [5.41, 5.74) is 1.60. The monoisotopic (exact) mass is 108 g/mol. The highest BCUT2D eigenvalue weighted by Crippen LogP contribution is 2.06. The first-order valence-electron chi connectivity index (χ1n) is 2.31. The van der Waals surface area contributed by atoms with Crippen molar-refractivity contribution in [3.05, 3.63) is 37.0 Å². The van der Waals surface area contributed by atoms with E-state index in [-0.39, 0.29) is 0 Å². The summed E-state index contributed by atoms with van der Waals surface area (Å²) in [6.07, 6.45) is 0. The highest BCUT2D eigenvalue weighted by atomic mass is 15.2. The first-order valence-corrected chi connectivity index (χ1v) is 2.31. The zero-order valence-electron chi connectivity index (χ0n) is 4.62. The van der Waals surface area contributed by atoms with Gasteiger partial charge in [0.05, 0.1) is 11.4 Å². The van der Waals surface area contributed by atoms with E-state index in [0.29, 0.717) is 0 Å². The molecule has 8 heavy (non-hydrogen) atoms. The molecule has 0 amide bonds. The van der Waals surface area contributed by atoms with Crippen LogP contribution in [-0.4, -0.2) is 0 Å². The van der Waals surface area contributed by atoms with Crippen molar-refractivity contribution < 1.29 is 0 Å². The summed E-state index contributed by atoms with van der Waals surface area (Å²) in [6, 6.07) is 0. The fraction of sp³-hybridized carbons (Fsp3) is 0. The van der Waals surface area contributed by atoms with Crippen molar-refractivity contribution in [3.63, 3.8) is 0 Å². The van der Waals surface area contributed by atoms with Gasteiger partial charge in [-0.2, -0.15) is 0 Å². The molecular weight excluding hydrogens is 100 g/mol. The van der Waals surface area contributed by atoms with Gasteiger partial charge in [-0.3, -0.25) is 0 Å². The first kappa shape index (κ1) is 4.97. The van der Waals surface area contributed by atoms with E-state index < -0.39 is 0 Å². The molecule has 1 heterocycles. The molecule has 1 aliphatic rings. The van der Waals surface area contributed by atoms with Gasteiger partial charge in [-0.1, -0.05) is 19.7 Å². The van der Waals surface area contributed by atoms with E-state index >= 15 is 0 Å². The van der Waals surface area contributed by atoms with Gasteiger partial charge in [-0.05, 0) is 0 Å². The van der Waals surface area contributed by atoms with Crippen LogP contribution in [0.2, 0.25) is 0 Å². The SMILES string of the molecule is C=C1NC(=C)C(=C)N1. The zero-order chi connectivity index (χ0) is 6.15. The lowest BCUT2D eigenvalue weighted by Gasteiger charge is -1.88. The van der Waals surface area contributed by atoms with Crippen molar-refractivity contribution in [1.29, 1.82) is 0 Å². The van der Waals surface area contributed by atoms with Crippen LogP contribution >= 0.6 is 0 Å². The average Bonchev–Trinajstić information content (AvgIpc) is 1.85. The van der Waals surface area contributed by atoms with Gasteiger partial charge in [0.2, 0.25) is 0 Å². The summed E-state index contributed by atoms with van der Waals surface area (Å²) in [4.78, 5) is 0. The predicted octanol–water partition coefficient (Wildman–Crippen LogP) is 0.678. The second-order valence-corrected chi connectivity index (χ2v) is 1.69. The van der Waals surface area contributed by atoms with E-state index in [1.54, 1.807) is 0 Å². The Morgan fingerprint density at radius 2 is 1.25 bits per heavy atom. The van der Waals surface area contributed by atoms with E-state index in [0.717, 1.165) is 17.2 Å². The third-order valence-corrected chi connectivity index (χ3v) is 0.968. The Morgan fingerprint density at radius 1 is 0.875 bits per heavy atom. The standard InChI is InChI=1S/C6H8N2/c1-4-5(2)8-6(3)7-4/h7-8H,1-3H2. The van der Waals surface area contributed by atoms with Crippen LogP contribution in [0.25, 0.3) is 0 Å². The highest BCUT2D eigenvalue weighted by molar-refractivity contribution is 5.33. The van der Waals surface area contributed by atoms with Gasteiger partial charge in [0.1, 0.15) is 5.82 Å². The van der Waals surface area contributed by atoms with E-state index in [2.05, 4.69) is 30.4 Å². The van der Waals surface area contributed by atoms with Crippen molar-refractivity contribution in [2.45, 2.75) is 0 Å². The molecule has 42 valence electrons. The van der Waals surface area contributed by atoms with E-state index in [9.17, 15) is 0 Å². The lowest BCUT2D eigenvalue weighted by Crippen LogP contribution is -2.05. The fourth-order valence-corrected chi connectivity index (χ4v) is 0.546. The molecule has 0 spiro atoms. The van der Waals surface area contributed by atoms with Gasteiger partial charge >= 0.3 is 0 Å². The number of nitrogens with one attached hydrogen (secondary N) is 2. The molecule has 1 saturated heterocycles. The molecule has 0 saturated carbocycles. The summed E-state index contributed by atoms with van der Waals surface area (Å²) in [5, 5.41) is 5.73. The summed E-state index contributed by atoms with van der Waals surface area (Å²) in [5.74, 6) is 0.750. The fourth-order valence-electron chi connectivity index (χ4n) is 0.546. The zero-order valence-corrected chi connectivity index (χ0v) is 4.62. The topological polar surface area (TPSA) is 24.1 Å². The molecule has 2 nitrogen and oxygen atoms in total. The maximum Gasteiger partial charge on any atom is 0.100 e. The van der Waals surface area contributed by atoms with Gasteiger partial charge in [0, 0.05) is 0 Å². The van der Waals surface area contributed by atoms with Crippen LogP contribution < -0.4 is 10.6 Å². The molecule has 0 atom stereocenters. The molecular formula is C6H8N2. The van der Waals surface area contributed by atoms with Crippen molar-refractivity contribution in [2.24, 2.45) is 0 Å². The van der Waals surface area contributed by atoms with Crippen LogP contribution in [0.4, 0.5) is 0 Å². The molecule has 1 fully saturated rings. The molecule has 0 radical (unpaired) electrons. The van der Waals surface area contributed by atoms with E-state index in [4.69, 9.17) is 0 Å². The maximum absolute atomic E-state index is 3.65. The van der Waals surface area contributed by atoms with Crippen LogP contribution in [0.1, 0.15) is 0 Å². The van der Waals surface area contributed by atoms with Crippen molar-refractivity contribution >= 4 is 0 Å². The Bertz CT molecular complexity index is 149. The summed E-state index contributed by atoms with van der Waals surface area (Å²) >= 11 is 0. The average molecular weight is 108 g/mol. The number of hydrogen-bond donors (Lipinski definition) is 2. The van der Waals surface area contributed by atoms with E-state index in [1.807, 2.05) is 0 Å². The second-order valence-electron chi connectivity index (χ2n) is 1.69. The van der Waals surface area contributed by atoms with Gasteiger partial charge in [0.25, 0.3) is 0 Å². The van der Waals surface area contributed by atoms with Crippen molar-refractivity contribution in [1.82, 2.24) is 10.6 Å². The van der Waals surface area contributed by atoms with Crippen LogP contribution in [0, 0.1) is 0 Å². The molecule has 2 N–H and O–H groups in total. The summed E-state index contributed by atoms with van der Waals surface area (Å²) in [7, 11) is 0. The summed E-state index contributed by atoms with van der Waals surface area (Å²) < 4.78 is 0. The second kappa shape index (κ2) is 1.40. The third-order valence-electron chi connectivity index (χ3n) is 0.968. The van der Waals surface area contributed by atoms with E-state index in [1.165, 1.54) is 0 Å². The first-order chi connectivity index (χ1) is 3.70. The minimum absolute atomic E-state index is 0.750. The number of hydrogen-bond acceptors (Lipinski definition) is 2. The Labute approximate surface area is 48.6 Å². The predicted molar refractivity (Wildman–Crippen MR) is 33.7 cm³/mol. The molecule has 0 aromatic rings. The third kappa shape index (κ3) is 0.601. The quantitative estimate of drug-likeness (QED) is 0.476. The highest BCUT2D eigenvalue weighted by Gasteiger charge is 2.08. The molecule has 1 aliphatic heterocycles. The van der Waals surface area contributed by atoms with Crippen LogP contribution in [0.15, 0.2) is 37.0 Å². The Balaban J connectivity index is 2.79. The minimum atomic E-state index is 0.750. The van der Waals surface area contributed by atoms with Crippen LogP contribution in [0.3, 0.4) is 0 Å². The lowest BCUT2D eigenvalue weighted by atomic mass is 10.4. The minimum Gasteiger partial charge on any atom is -0.341 e. The molecule has 0 aromatic carbocycles. The smallest absolute Gasteiger partial charge is 0.100 e. The summed E-state index contributed by atoms with van der Waals surface area (Å²) in [6.45, 7) is 10.9. The molecule has 0 aromatic heterocycles. The van der Waals surface area contributed by atoms with Crippen molar-refractivity contribution in [2.75, 3.05) is 0 Å². The Kier molecular flexibility index (Phi) is 0.870. The molecule has 2 heteroatoms. The molecule has 1 rings (SSSR count). The van der Waals surface area contributed by atoms with Gasteiger partial charge in [0.15, 0.2) is 0 Å². The molecule has 0 unspecified atom stereocenters. The van der Waals surface area contributed by atoms with Gasteiger partial charge in [-0.15, -0.1) is 0 Å². The van der Waals surface area contributed by atoms with Crippen molar-refractivity contribution in [3.8, 4) is 0 Å². The lowest BCUT2D eigenvalue weighted by molar-refractivity contribution is 1.01. The van der Waals surface area contributed by atoms with Gasteiger partial charge in [-0.25, -0.2) is 0 Å². The Hall–Kier alpha value is -1.18. The number of rotatable bonds is 0. The maximum atomic E-state index is 3.65. The largest absolute Gasteiger partial charge is 0.341 e. The normalized spacial score (nSPS) is 18.2.